The number of esters is 1. The summed E-state index contributed by atoms with van der Waals surface area (Å²) in [6.45, 7) is 8.99. The maximum absolute atomic E-state index is 13.3. The fourth-order valence-corrected chi connectivity index (χ4v) is 3.86. The number of carbonyl (C=O) groups is 2. The lowest BCUT2D eigenvalue weighted by molar-refractivity contribution is -0.143. The van der Waals surface area contributed by atoms with E-state index in [0.717, 1.165) is 31.5 Å². The average Bonchev–Trinajstić information content (AvgIpc) is 3.39. The van der Waals surface area contributed by atoms with Gasteiger partial charge in [-0.3, -0.25) is 14.5 Å². The van der Waals surface area contributed by atoms with Crippen molar-refractivity contribution in [2.45, 2.75) is 46.1 Å². The lowest BCUT2D eigenvalue weighted by Crippen LogP contribution is -2.44. The maximum atomic E-state index is 13.3. The Balaban J connectivity index is 1.73. The molecule has 0 saturated carbocycles. The van der Waals surface area contributed by atoms with Crippen LogP contribution in [0.15, 0.2) is 28.8 Å². The van der Waals surface area contributed by atoms with Gasteiger partial charge in [0.05, 0.1) is 13.0 Å². The molecule has 1 aromatic carbocycles. The zero-order valence-corrected chi connectivity index (χ0v) is 18.0. The molecule has 0 radical (unpaired) electrons. The number of rotatable bonds is 9. The molecule has 0 spiro atoms. The zero-order valence-electron chi connectivity index (χ0n) is 18.0. The molecule has 1 aliphatic heterocycles. The number of ether oxygens (including phenoxy) is 1. The van der Waals surface area contributed by atoms with Crippen molar-refractivity contribution in [2.24, 2.45) is 0 Å². The molecule has 1 atom stereocenters. The fraction of sp³-hybridized carbons (Fsp3) is 0.545. The molecule has 1 saturated heterocycles. The molecule has 1 aliphatic rings. The van der Waals surface area contributed by atoms with Crippen molar-refractivity contribution in [1.29, 1.82) is 0 Å². The number of benzene rings is 1. The Kier molecular flexibility index (Phi) is 7.57. The summed E-state index contributed by atoms with van der Waals surface area (Å²) in [6.07, 6.45) is 2.39. The van der Waals surface area contributed by atoms with Crippen molar-refractivity contribution in [1.82, 2.24) is 19.9 Å². The highest BCUT2D eigenvalue weighted by Crippen LogP contribution is 2.21. The van der Waals surface area contributed by atoms with E-state index in [-0.39, 0.29) is 18.3 Å². The summed E-state index contributed by atoms with van der Waals surface area (Å²) in [5.41, 5.74) is 1.33. The molecule has 8 nitrogen and oxygen atoms in total. The van der Waals surface area contributed by atoms with Crippen LogP contribution in [-0.2, 0) is 9.53 Å². The van der Waals surface area contributed by atoms with Crippen molar-refractivity contribution >= 4 is 11.9 Å². The van der Waals surface area contributed by atoms with E-state index < -0.39 is 0 Å². The molecule has 1 fully saturated rings. The van der Waals surface area contributed by atoms with Crippen LogP contribution in [0.4, 0.5) is 0 Å². The summed E-state index contributed by atoms with van der Waals surface area (Å²) in [4.78, 5) is 33.5. The van der Waals surface area contributed by atoms with Crippen LogP contribution in [0.5, 0.6) is 0 Å². The van der Waals surface area contributed by atoms with Gasteiger partial charge in [0, 0.05) is 30.3 Å². The molecule has 2 aromatic rings. The second-order valence-electron chi connectivity index (χ2n) is 7.45. The van der Waals surface area contributed by atoms with Gasteiger partial charge in [-0.25, -0.2) is 0 Å². The monoisotopic (exact) mass is 414 g/mol. The Labute approximate surface area is 177 Å². The molecule has 0 N–H and O–H groups in total. The summed E-state index contributed by atoms with van der Waals surface area (Å²) in [7, 11) is 0. The van der Waals surface area contributed by atoms with Gasteiger partial charge in [-0.1, -0.05) is 12.1 Å². The largest absolute Gasteiger partial charge is 0.466 e. The highest BCUT2D eigenvalue weighted by molar-refractivity contribution is 5.94. The molecular weight excluding hydrogens is 384 g/mol. The first-order valence-electron chi connectivity index (χ1n) is 10.6. The van der Waals surface area contributed by atoms with E-state index in [1.807, 2.05) is 0 Å². The van der Waals surface area contributed by atoms with E-state index >= 15 is 0 Å². The number of likely N-dealkylation sites (tertiary alicyclic amines) is 1. The SMILES string of the molecule is CCOC(=O)CCN(CC1CCCN1CC)C(=O)c1ccc(-c2nc(C)no2)cc1. The van der Waals surface area contributed by atoms with Gasteiger partial charge >= 0.3 is 5.97 Å². The molecule has 8 heteroatoms. The third-order valence-corrected chi connectivity index (χ3v) is 5.42. The number of aromatic nitrogens is 2. The van der Waals surface area contributed by atoms with Crippen LogP contribution in [0.1, 0.15) is 49.3 Å². The van der Waals surface area contributed by atoms with Crippen molar-refractivity contribution in [2.75, 3.05) is 32.8 Å². The van der Waals surface area contributed by atoms with E-state index in [4.69, 9.17) is 9.26 Å². The molecule has 30 heavy (non-hydrogen) atoms. The van der Waals surface area contributed by atoms with E-state index in [1.54, 1.807) is 43.0 Å². The molecule has 162 valence electrons. The number of likely N-dealkylation sites (N-methyl/N-ethyl adjacent to an activating group) is 1. The second-order valence-corrected chi connectivity index (χ2v) is 7.45. The van der Waals surface area contributed by atoms with E-state index in [9.17, 15) is 9.59 Å². The quantitative estimate of drug-likeness (QED) is 0.583. The summed E-state index contributed by atoms with van der Waals surface area (Å²) in [5, 5.41) is 3.80. The third-order valence-electron chi connectivity index (χ3n) is 5.42. The number of nitrogens with zero attached hydrogens (tertiary/aromatic N) is 4. The van der Waals surface area contributed by atoms with Crippen LogP contribution in [0, 0.1) is 6.92 Å². The average molecular weight is 415 g/mol. The van der Waals surface area contributed by atoms with Gasteiger partial charge in [-0.2, -0.15) is 4.98 Å². The van der Waals surface area contributed by atoms with Crippen LogP contribution in [0.25, 0.3) is 11.5 Å². The summed E-state index contributed by atoms with van der Waals surface area (Å²) >= 11 is 0. The van der Waals surface area contributed by atoms with Gasteiger partial charge in [-0.05, 0) is 64.0 Å². The van der Waals surface area contributed by atoms with Crippen LogP contribution < -0.4 is 0 Å². The van der Waals surface area contributed by atoms with Crippen molar-refractivity contribution in [3.8, 4) is 11.5 Å². The zero-order chi connectivity index (χ0) is 21.5. The fourth-order valence-electron chi connectivity index (χ4n) is 3.86. The van der Waals surface area contributed by atoms with E-state index in [0.29, 0.717) is 43.0 Å². The second kappa shape index (κ2) is 10.3. The lowest BCUT2D eigenvalue weighted by Gasteiger charge is -2.30. The molecule has 1 unspecified atom stereocenters. The highest BCUT2D eigenvalue weighted by Gasteiger charge is 2.28. The first-order valence-corrected chi connectivity index (χ1v) is 10.6. The molecule has 2 heterocycles. The number of hydrogen-bond acceptors (Lipinski definition) is 7. The summed E-state index contributed by atoms with van der Waals surface area (Å²) in [6, 6.07) is 7.46. The first-order chi connectivity index (χ1) is 14.5. The van der Waals surface area contributed by atoms with Crippen LogP contribution >= 0.6 is 0 Å². The standard InChI is InChI=1S/C22H30N4O4/c1-4-25-13-6-7-19(25)15-26(14-12-20(27)29-5-2)22(28)18-10-8-17(9-11-18)21-23-16(3)24-30-21/h8-11,19H,4-7,12-15H2,1-3H3. The van der Waals surface area contributed by atoms with E-state index in [1.165, 1.54) is 0 Å². The minimum atomic E-state index is -0.281. The van der Waals surface area contributed by atoms with Gasteiger partial charge in [0.2, 0.25) is 0 Å². The van der Waals surface area contributed by atoms with Crippen molar-refractivity contribution < 1.29 is 18.8 Å². The molecular formula is C22H30N4O4. The molecule has 0 bridgehead atoms. The molecule has 3 rings (SSSR count). The van der Waals surface area contributed by atoms with E-state index in [2.05, 4.69) is 22.0 Å². The number of amides is 1. The molecule has 1 amide bonds. The van der Waals surface area contributed by atoms with Gasteiger partial charge < -0.3 is 14.2 Å². The Morgan fingerprint density at radius 2 is 2.03 bits per heavy atom. The van der Waals surface area contributed by atoms with Gasteiger partial charge in [-0.15, -0.1) is 0 Å². The topological polar surface area (TPSA) is 88.8 Å². The van der Waals surface area contributed by atoms with Crippen LogP contribution in [-0.4, -0.2) is 70.6 Å². The Hall–Kier alpha value is -2.74. The predicted octanol–water partition coefficient (Wildman–Crippen LogP) is 2.92. The number of carbonyl (C=O) groups excluding carboxylic acids is 2. The Bertz CT molecular complexity index is 849. The lowest BCUT2D eigenvalue weighted by atomic mass is 10.1. The molecule has 1 aromatic heterocycles. The van der Waals surface area contributed by atoms with Crippen molar-refractivity contribution in [3.05, 3.63) is 35.7 Å². The van der Waals surface area contributed by atoms with Crippen molar-refractivity contribution in [3.63, 3.8) is 0 Å². The highest BCUT2D eigenvalue weighted by atomic mass is 16.5. The number of hydrogen-bond donors (Lipinski definition) is 0. The summed E-state index contributed by atoms with van der Waals surface area (Å²) in [5.74, 6) is 0.620. The first kappa shape index (κ1) is 22.0. The summed E-state index contributed by atoms with van der Waals surface area (Å²) < 4.78 is 10.2. The van der Waals surface area contributed by atoms with Crippen LogP contribution in [0.3, 0.4) is 0 Å². The van der Waals surface area contributed by atoms with Crippen LogP contribution in [0.2, 0.25) is 0 Å². The smallest absolute Gasteiger partial charge is 0.307 e. The predicted molar refractivity (Wildman–Crippen MR) is 112 cm³/mol. The molecule has 0 aliphatic carbocycles. The third kappa shape index (κ3) is 5.44. The maximum Gasteiger partial charge on any atom is 0.307 e. The van der Waals surface area contributed by atoms with Gasteiger partial charge in [0.15, 0.2) is 5.82 Å². The Morgan fingerprint density at radius 3 is 2.67 bits per heavy atom. The van der Waals surface area contributed by atoms with Gasteiger partial charge in [0.1, 0.15) is 0 Å². The normalized spacial score (nSPS) is 16.6. The Morgan fingerprint density at radius 1 is 1.27 bits per heavy atom. The van der Waals surface area contributed by atoms with Gasteiger partial charge in [0.25, 0.3) is 11.8 Å². The minimum Gasteiger partial charge on any atom is -0.466 e. The minimum absolute atomic E-state index is 0.0875. The number of aryl methyl sites for hydroxylation is 1.